The molecule has 2 aromatic carbocycles. The molecule has 0 saturated carbocycles. The fourth-order valence-corrected chi connectivity index (χ4v) is 4.06. The third-order valence-electron chi connectivity index (χ3n) is 4.98. The van der Waals surface area contributed by atoms with E-state index in [-0.39, 0.29) is 11.7 Å². The summed E-state index contributed by atoms with van der Waals surface area (Å²) >= 11 is 12.7. The van der Waals surface area contributed by atoms with Gasteiger partial charge in [0.05, 0.1) is 12.1 Å². The second-order valence-electron chi connectivity index (χ2n) is 6.11. The summed E-state index contributed by atoms with van der Waals surface area (Å²) in [4.78, 5) is 13.1. The van der Waals surface area contributed by atoms with Gasteiger partial charge in [0.15, 0.2) is 5.78 Å². The molecule has 1 aliphatic carbocycles. The molecule has 3 rings (SSSR count). The molecule has 0 saturated heterocycles. The van der Waals surface area contributed by atoms with E-state index in [2.05, 4.69) is 12.1 Å². The summed E-state index contributed by atoms with van der Waals surface area (Å²) in [5, 5.41) is 0.595. The van der Waals surface area contributed by atoms with E-state index in [0.717, 1.165) is 17.5 Å². The van der Waals surface area contributed by atoms with Crippen molar-refractivity contribution in [2.45, 2.75) is 26.2 Å². The highest BCUT2D eigenvalue weighted by molar-refractivity contribution is 6.45. The first kappa shape index (κ1) is 16.4. The Labute approximate surface area is 146 Å². The summed E-state index contributed by atoms with van der Waals surface area (Å²) in [7, 11) is 1.55. The van der Waals surface area contributed by atoms with Gasteiger partial charge in [0, 0.05) is 16.9 Å². The van der Waals surface area contributed by atoms with Gasteiger partial charge in [0.25, 0.3) is 0 Å². The molecule has 0 heterocycles. The van der Waals surface area contributed by atoms with Crippen LogP contribution in [0.2, 0.25) is 10.0 Å². The van der Waals surface area contributed by atoms with Gasteiger partial charge in [-0.25, -0.2) is 0 Å². The van der Waals surface area contributed by atoms with Crippen molar-refractivity contribution in [3.63, 3.8) is 0 Å². The monoisotopic (exact) mass is 348 g/mol. The lowest BCUT2D eigenvalue weighted by Gasteiger charge is -2.29. The van der Waals surface area contributed by atoms with E-state index >= 15 is 0 Å². The summed E-state index contributed by atoms with van der Waals surface area (Å²) < 4.78 is 5.34. The quantitative estimate of drug-likeness (QED) is 0.706. The van der Waals surface area contributed by atoms with Crippen LogP contribution in [0.15, 0.2) is 36.4 Å². The molecule has 2 aromatic rings. The van der Waals surface area contributed by atoms with Gasteiger partial charge >= 0.3 is 0 Å². The largest absolute Gasteiger partial charge is 0.495 e. The second-order valence-corrected chi connectivity index (χ2v) is 6.87. The van der Waals surface area contributed by atoms with E-state index in [4.69, 9.17) is 27.9 Å². The minimum Gasteiger partial charge on any atom is -0.495 e. The van der Waals surface area contributed by atoms with Crippen molar-refractivity contribution in [1.82, 2.24) is 0 Å². The molecule has 0 amide bonds. The van der Waals surface area contributed by atoms with E-state index in [1.165, 1.54) is 0 Å². The topological polar surface area (TPSA) is 26.3 Å². The van der Waals surface area contributed by atoms with E-state index < -0.39 is 5.41 Å². The van der Waals surface area contributed by atoms with Crippen LogP contribution in [0.3, 0.4) is 0 Å². The standard InChI is InChI=1S/C19H18Cl2O2/c1-4-19(2)15(11-8-6-5-7-9-11)12-10-13(23-3)16(20)17(21)14(12)18(19)22/h5-10,15H,4H2,1-3H3/t15-,19-/m1/s1. The molecule has 0 spiro atoms. The molecule has 1 aliphatic rings. The third kappa shape index (κ3) is 2.28. The number of benzene rings is 2. The van der Waals surface area contributed by atoms with Crippen LogP contribution in [0.4, 0.5) is 0 Å². The highest BCUT2D eigenvalue weighted by Crippen LogP contribution is 2.56. The predicted octanol–water partition coefficient (Wildman–Crippen LogP) is 5.75. The lowest BCUT2D eigenvalue weighted by atomic mass is 9.72. The molecule has 0 aliphatic heterocycles. The van der Waals surface area contributed by atoms with Crippen LogP contribution in [0.25, 0.3) is 0 Å². The van der Waals surface area contributed by atoms with Gasteiger partial charge in [-0.15, -0.1) is 0 Å². The van der Waals surface area contributed by atoms with Crippen LogP contribution in [0.5, 0.6) is 5.75 Å². The molecule has 4 heteroatoms. The Kier molecular flexibility index (Phi) is 4.16. The molecule has 0 N–H and O–H groups in total. The molecule has 23 heavy (non-hydrogen) atoms. The summed E-state index contributed by atoms with van der Waals surface area (Å²) in [6.07, 6.45) is 0.719. The molecule has 120 valence electrons. The number of carbonyl (C=O) groups excluding carboxylic acids is 1. The average molecular weight is 349 g/mol. The Balaban J connectivity index is 2.33. The summed E-state index contributed by atoms with van der Waals surface area (Å²) in [5.41, 5.74) is 2.00. The number of methoxy groups -OCH3 is 1. The second kappa shape index (κ2) is 5.85. The minimum absolute atomic E-state index is 0.0541. The van der Waals surface area contributed by atoms with Gasteiger partial charge in [-0.3, -0.25) is 4.79 Å². The molecule has 0 aromatic heterocycles. The minimum atomic E-state index is -0.539. The lowest BCUT2D eigenvalue weighted by molar-refractivity contribution is 0.0817. The normalized spacial score (nSPS) is 23.0. The van der Waals surface area contributed by atoms with Gasteiger partial charge in [-0.05, 0) is 23.6 Å². The smallest absolute Gasteiger partial charge is 0.171 e. The van der Waals surface area contributed by atoms with Crippen molar-refractivity contribution in [2.75, 3.05) is 7.11 Å². The molecule has 0 bridgehead atoms. The number of hydrogen-bond donors (Lipinski definition) is 0. The van der Waals surface area contributed by atoms with E-state index in [1.54, 1.807) is 7.11 Å². The lowest BCUT2D eigenvalue weighted by Crippen LogP contribution is -2.27. The highest BCUT2D eigenvalue weighted by Gasteiger charge is 2.50. The summed E-state index contributed by atoms with van der Waals surface area (Å²) in [5.74, 6) is 0.503. The Morgan fingerprint density at radius 1 is 1.17 bits per heavy atom. The molecule has 2 atom stereocenters. The van der Waals surface area contributed by atoms with Crippen LogP contribution in [0.1, 0.15) is 47.7 Å². The Morgan fingerprint density at radius 3 is 2.39 bits per heavy atom. The van der Waals surface area contributed by atoms with Crippen molar-refractivity contribution < 1.29 is 9.53 Å². The number of hydrogen-bond acceptors (Lipinski definition) is 2. The Hall–Kier alpha value is -1.51. The fraction of sp³-hybridized carbons (Fsp3) is 0.316. The van der Waals surface area contributed by atoms with E-state index in [0.29, 0.717) is 21.4 Å². The molecular weight excluding hydrogens is 331 g/mol. The summed E-state index contributed by atoms with van der Waals surface area (Å²) in [6, 6.07) is 11.9. The zero-order valence-electron chi connectivity index (χ0n) is 13.3. The number of Topliss-reactive ketones (excluding diaryl/α,β-unsaturated/α-hetero) is 1. The first-order valence-electron chi connectivity index (χ1n) is 7.61. The van der Waals surface area contributed by atoms with Gasteiger partial charge < -0.3 is 4.74 Å². The SMILES string of the molecule is CC[C@@]1(C)C(=O)c2c(cc(OC)c(Cl)c2Cl)[C@H]1c1ccccc1. The zero-order chi connectivity index (χ0) is 16.8. The molecule has 0 fully saturated rings. The number of fused-ring (bicyclic) bond motifs is 1. The first-order chi connectivity index (χ1) is 11.0. The average Bonchev–Trinajstić information content (AvgIpc) is 2.80. The van der Waals surface area contributed by atoms with E-state index in [1.807, 2.05) is 38.1 Å². The molecular formula is C19H18Cl2O2. The van der Waals surface area contributed by atoms with Gasteiger partial charge in [-0.2, -0.15) is 0 Å². The first-order valence-corrected chi connectivity index (χ1v) is 8.37. The summed E-state index contributed by atoms with van der Waals surface area (Å²) in [6.45, 7) is 4.04. The van der Waals surface area contributed by atoms with Gasteiger partial charge in [-0.1, -0.05) is 67.4 Å². The maximum Gasteiger partial charge on any atom is 0.171 e. The zero-order valence-corrected chi connectivity index (χ0v) is 14.8. The number of carbonyl (C=O) groups is 1. The molecule has 0 radical (unpaired) electrons. The van der Waals surface area contributed by atoms with Crippen molar-refractivity contribution in [2.24, 2.45) is 5.41 Å². The Bertz CT molecular complexity index is 771. The highest BCUT2D eigenvalue weighted by atomic mass is 35.5. The molecule has 0 unspecified atom stereocenters. The van der Waals surface area contributed by atoms with Crippen LogP contribution in [0, 0.1) is 5.41 Å². The van der Waals surface area contributed by atoms with Crippen molar-refractivity contribution in [3.05, 3.63) is 63.1 Å². The number of halogens is 2. The Morgan fingerprint density at radius 2 is 1.83 bits per heavy atom. The number of rotatable bonds is 3. The van der Waals surface area contributed by atoms with Gasteiger partial charge in [0.1, 0.15) is 10.8 Å². The van der Waals surface area contributed by atoms with Crippen LogP contribution in [-0.4, -0.2) is 12.9 Å². The number of ketones is 1. The third-order valence-corrected chi connectivity index (χ3v) is 5.83. The van der Waals surface area contributed by atoms with Crippen LogP contribution >= 0.6 is 23.2 Å². The number of ether oxygens (including phenoxy) is 1. The van der Waals surface area contributed by atoms with Crippen LogP contribution < -0.4 is 4.74 Å². The maximum absolute atomic E-state index is 13.1. The van der Waals surface area contributed by atoms with Crippen LogP contribution in [-0.2, 0) is 0 Å². The van der Waals surface area contributed by atoms with E-state index in [9.17, 15) is 4.79 Å². The fourth-order valence-electron chi connectivity index (χ4n) is 3.55. The van der Waals surface area contributed by atoms with Crippen molar-refractivity contribution >= 4 is 29.0 Å². The predicted molar refractivity (Wildman–Crippen MR) is 94.0 cm³/mol. The van der Waals surface area contributed by atoms with Gasteiger partial charge in [0.2, 0.25) is 0 Å². The van der Waals surface area contributed by atoms with Crippen molar-refractivity contribution in [1.29, 1.82) is 0 Å². The molecule has 2 nitrogen and oxygen atoms in total. The van der Waals surface area contributed by atoms with Crippen molar-refractivity contribution in [3.8, 4) is 5.75 Å². The maximum atomic E-state index is 13.1.